The predicted molar refractivity (Wildman–Crippen MR) is 60.8 cm³/mol. The topological polar surface area (TPSA) is 12.0 Å². The van der Waals surface area contributed by atoms with Gasteiger partial charge in [0.05, 0.1) is 0 Å². The molecule has 2 heteroatoms. The molecule has 0 aromatic carbocycles. The average Bonchev–Trinajstić information content (AvgIpc) is 3.04. The Kier molecular flexibility index (Phi) is 1.96. The molecule has 2 atom stereocenters. The summed E-state index contributed by atoms with van der Waals surface area (Å²) in [5, 5.41) is 5.84. The van der Waals surface area contributed by atoms with Crippen molar-refractivity contribution in [1.82, 2.24) is 5.32 Å². The fourth-order valence-corrected chi connectivity index (χ4v) is 3.23. The van der Waals surface area contributed by atoms with E-state index in [4.69, 9.17) is 0 Å². The summed E-state index contributed by atoms with van der Waals surface area (Å²) < 4.78 is 0. The smallest absolute Gasteiger partial charge is 0.0108 e. The van der Waals surface area contributed by atoms with Gasteiger partial charge in [-0.3, -0.25) is 0 Å². The summed E-state index contributed by atoms with van der Waals surface area (Å²) in [4.78, 5) is 1.58. The SMILES string of the molecule is CC1(c2cccs2)CC1CNC1CC1. The first-order valence-corrected chi connectivity index (χ1v) is 6.44. The van der Waals surface area contributed by atoms with Crippen molar-refractivity contribution in [1.29, 1.82) is 0 Å². The molecule has 0 aliphatic heterocycles. The minimum atomic E-state index is 0.510. The number of nitrogens with one attached hydrogen (secondary N) is 1. The summed E-state index contributed by atoms with van der Waals surface area (Å²) in [7, 11) is 0. The van der Waals surface area contributed by atoms with Gasteiger partial charge < -0.3 is 5.32 Å². The third-order valence-electron chi connectivity index (χ3n) is 3.73. The zero-order valence-corrected chi connectivity index (χ0v) is 9.44. The van der Waals surface area contributed by atoms with Gasteiger partial charge in [0.25, 0.3) is 0 Å². The van der Waals surface area contributed by atoms with Crippen LogP contribution in [0.15, 0.2) is 17.5 Å². The summed E-state index contributed by atoms with van der Waals surface area (Å²) >= 11 is 1.92. The lowest BCUT2D eigenvalue weighted by molar-refractivity contribution is 0.580. The Morgan fingerprint density at radius 2 is 2.43 bits per heavy atom. The Bertz CT molecular complexity index is 315. The highest BCUT2D eigenvalue weighted by Crippen LogP contribution is 2.55. The van der Waals surface area contributed by atoms with Crippen molar-refractivity contribution >= 4 is 11.3 Å². The lowest BCUT2D eigenvalue weighted by atomic mass is 10.0. The molecule has 1 aromatic rings. The molecule has 1 nitrogen and oxygen atoms in total. The van der Waals surface area contributed by atoms with E-state index in [-0.39, 0.29) is 0 Å². The first-order chi connectivity index (χ1) is 6.79. The maximum absolute atomic E-state index is 3.64. The van der Waals surface area contributed by atoms with Crippen LogP contribution in [0.1, 0.15) is 31.1 Å². The van der Waals surface area contributed by atoms with Crippen LogP contribution in [0.3, 0.4) is 0 Å². The zero-order chi connectivity index (χ0) is 9.60. The molecule has 2 saturated carbocycles. The number of hydrogen-bond donors (Lipinski definition) is 1. The highest BCUT2D eigenvalue weighted by Gasteiger charge is 2.51. The number of hydrogen-bond acceptors (Lipinski definition) is 2. The van der Waals surface area contributed by atoms with Gasteiger partial charge in [0, 0.05) is 16.3 Å². The van der Waals surface area contributed by atoms with Gasteiger partial charge in [-0.05, 0) is 43.2 Å². The van der Waals surface area contributed by atoms with Crippen LogP contribution in [-0.4, -0.2) is 12.6 Å². The van der Waals surface area contributed by atoms with E-state index in [1.54, 1.807) is 4.88 Å². The van der Waals surface area contributed by atoms with Crippen molar-refractivity contribution in [3.05, 3.63) is 22.4 Å². The van der Waals surface area contributed by atoms with Gasteiger partial charge >= 0.3 is 0 Å². The quantitative estimate of drug-likeness (QED) is 0.800. The van der Waals surface area contributed by atoms with Crippen LogP contribution >= 0.6 is 11.3 Å². The van der Waals surface area contributed by atoms with Crippen molar-refractivity contribution in [2.45, 2.75) is 37.6 Å². The first-order valence-electron chi connectivity index (χ1n) is 5.56. The second-order valence-corrected chi connectivity index (χ2v) is 5.93. The monoisotopic (exact) mass is 207 g/mol. The van der Waals surface area contributed by atoms with Crippen LogP contribution < -0.4 is 5.32 Å². The van der Waals surface area contributed by atoms with Gasteiger partial charge in [-0.25, -0.2) is 0 Å². The molecular formula is C12H17NS. The summed E-state index contributed by atoms with van der Waals surface area (Å²) in [5.41, 5.74) is 0.510. The average molecular weight is 207 g/mol. The first kappa shape index (κ1) is 8.93. The minimum Gasteiger partial charge on any atom is -0.314 e. The molecule has 0 bridgehead atoms. The second kappa shape index (κ2) is 3.07. The van der Waals surface area contributed by atoms with Crippen LogP contribution in [0.2, 0.25) is 0 Å². The fourth-order valence-electron chi connectivity index (χ4n) is 2.25. The maximum atomic E-state index is 3.64. The molecule has 14 heavy (non-hydrogen) atoms. The van der Waals surface area contributed by atoms with Crippen LogP contribution in [0, 0.1) is 5.92 Å². The molecule has 2 unspecified atom stereocenters. The van der Waals surface area contributed by atoms with E-state index in [0.717, 1.165) is 12.0 Å². The molecule has 2 aliphatic carbocycles. The van der Waals surface area contributed by atoms with E-state index in [1.165, 1.54) is 25.8 Å². The van der Waals surface area contributed by atoms with E-state index in [9.17, 15) is 0 Å². The Labute approximate surface area is 89.5 Å². The summed E-state index contributed by atoms with van der Waals surface area (Å²) in [5.74, 6) is 0.891. The van der Waals surface area contributed by atoms with Crippen molar-refractivity contribution in [3.8, 4) is 0 Å². The molecule has 76 valence electrons. The summed E-state index contributed by atoms with van der Waals surface area (Å²) in [6.07, 6.45) is 4.19. The van der Waals surface area contributed by atoms with Gasteiger partial charge in [0.1, 0.15) is 0 Å². The standard InChI is InChI=1S/C12H17NS/c1-12(11-3-2-6-14-11)7-9(12)8-13-10-4-5-10/h2-3,6,9-10,13H,4-5,7-8H2,1H3. The van der Waals surface area contributed by atoms with E-state index >= 15 is 0 Å². The lowest BCUT2D eigenvalue weighted by Gasteiger charge is -2.09. The lowest BCUT2D eigenvalue weighted by Crippen LogP contribution is -2.21. The molecular weight excluding hydrogens is 190 g/mol. The third kappa shape index (κ3) is 1.51. The van der Waals surface area contributed by atoms with Gasteiger partial charge in [-0.1, -0.05) is 13.0 Å². The predicted octanol–water partition coefficient (Wildman–Crippen LogP) is 2.78. The van der Waals surface area contributed by atoms with E-state index in [0.29, 0.717) is 5.41 Å². The van der Waals surface area contributed by atoms with Crippen LogP contribution in [0.4, 0.5) is 0 Å². The molecule has 2 aliphatic rings. The van der Waals surface area contributed by atoms with Crippen molar-refractivity contribution in [2.75, 3.05) is 6.54 Å². The highest BCUT2D eigenvalue weighted by molar-refractivity contribution is 7.10. The second-order valence-electron chi connectivity index (χ2n) is 4.98. The Hall–Kier alpha value is -0.340. The normalized spacial score (nSPS) is 35.9. The highest BCUT2D eigenvalue weighted by atomic mass is 32.1. The molecule has 0 saturated heterocycles. The molecule has 0 amide bonds. The minimum absolute atomic E-state index is 0.510. The van der Waals surface area contributed by atoms with Crippen LogP contribution in [0.25, 0.3) is 0 Å². The van der Waals surface area contributed by atoms with E-state index in [2.05, 4.69) is 29.8 Å². The van der Waals surface area contributed by atoms with Gasteiger partial charge in [-0.2, -0.15) is 0 Å². The van der Waals surface area contributed by atoms with Crippen LogP contribution in [0.5, 0.6) is 0 Å². The van der Waals surface area contributed by atoms with Gasteiger partial charge in [-0.15, -0.1) is 11.3 Å². The molecule has 0 radical (unpaired) electrons. The Balaban J connectivity index is 1.59. The number of rotatable bonds is 4. The molecule has 1 heterocycles. The van der Waals surface area contributed by atoms with Crippen molar-refractivity contribution < 1.29 is 0 Å². The molecule has 1 aromatic heterocycles. The molecule has 2 fully saturated rings. The maximum Gasteiger partial charge on any atom is 0.0108 e. The summed E-state index contributed by atoms with van der Waals surface area (Å²) in [6.45, 7) is 3.65. The number of thiophene rings is 1. The zero-order valence-electron chi connectivity index (χ0n) is 8.62. The Morgan fingerprint density at radius 3 is 3.07 bits per heavy atom. The molecule has 0 spiro atoms. The Morgan fingerprint density at radius 1 is 1.57 bits per heavy atom. The van der Waals surface area contributed by atoms with Crippen molar-refractivity contribution in [3.63, 3.8) is 0 Å². The molecule has 1 N–H and O–H groups in total. The molecule has 3 rings (SSSR count). The third-order valence-corrected chi connectivity index (χ3v) is 4.88. The van der Waals surface area contributed by atoms with Crippen LogP contribution in [-0.2, 0) is 5.41 Å². The largest absolute Gasteiger partial charge is 0.314 e. The van der Waals surface area contributed by atoms with E-state index < -0.39 is 0 Å². The summed E-state index contributed by atoms with van der Waals surface area (Å²) in [6, 6.07) is 5.33. The van der Waals surface area contributed by atoms with Gasteiger partial charge in [0.15, 0.2) is 0 Å². The fraction of sp³-hybridized carbons (Fsp3) is 0.667. The van der Waals surface area contributed by atoms with E-state index in [1.807, 2.05) is 11.3 Å². The van der Waals surface area contributed by atoms with Gasteiger partial charge in [0.2, 0.25) is 0 Å². The van der Waals surface area contributed by atoms with Crippen molar-refractivity contribution in [2.24, 2.45) is 5.92 Å².